The summed E-state index contributed by atoms with van der Waals surface area (Å²) >= 11 is 1.67. The third kappa shape index (κ3) is 4.19. The molecular formula is C15H18N2O3S. The number of non-ortho nitro benzene ring substituents is 1. The Kier molecular flexibility index (Phi) is 5.16. The van der Waals surface area contributed by atoms with Crippen LogP contribution in [-0.4, -0.2) is 11.5 Å². The number of aryl methyl sites for hydroxylation is 1. The summed E-state index contributed by atoms with van der Waals surface area (Å²) < 4.78 is 5.51. The molecule has 0 aliphatic rings. The zero-order chi connectivity index (χ0) is 15.2. The van der Waals surface area contributed by atoms with Gasteiger partial charge < -0.3 is 10.1 Å². The topological polar surface area (TPSA) is 64.4 Å². The molecule has 1 aromatic heterocycles. The fourth-order valence-electron chi connectivity index (χ4n) is 1.86. The van der Waals surface area contributed by atoms with Crippen molar-refractivity contribution in [3.63, 3.8) is 0 Å². The van der Waals surface area contributed by atoms with E-state index in [0.29, 0.717) is 24.6 Å². The molecule has 2 aromatic rings. The van der Waals surface area contributed by atoms with Crippen LogP contribution in [0.3, 0.4) is 0 Å². The molecule has 0 atom stereocenters. The summed E-state index contributed by atoms with van der Waals surface area (Å²) in [7, 11) is 0. The van der Waals surface area contributed by atoms with Gasteiger partial charge in [-0.25, -0.2) is 0 Å². The summed E-state index contributed by atoms with van der Waals surface area (Å²) in [6.07, 6.45) is 0.861. The summed E-state index contributed by atoms with van der Waals surface area (Å²) in [5.41, 5.74) is 1.96. The summed E-state index contributed by atoms with van der Waals surface area (Å²) in [4.78, 5) is 11.8. The number of hydrogen-bond acceptors (Lipinski definition) is 5. The largest absolute Gasteiger partial charge is 0.493 e. The van der Waals surface area contributed by atoms with Crippen molar-refractivity contribution in [2.45, 2.75) is 26.8 Å². The Bertz CT molecular complexity index is 625. The van der Waals surface area contributed by atoms with Crippen LogP contribution < -0.4 is 10.1 Å². The number of ether oxygens (including phenoxy) is 1. The lowest BCUT2D eigenvalue weighted by Crippen LogP contribution is -2.02. The van der Waals surface area contributed by atoms with E-state index in [1.165, 1.54) is 22.6 Å². The van der Waals surface area contributed by atoms with Crippen molar-refractivity contribution in [2.24, 2.45) is 0 Å². The van der Waals surface area contributed by atoms with Crippen LogP contribution in [0.1, 0.15) is 23.8 Å². The van der Waals surface area contributed by atoms with Gasteiger partial charge >= 0.3 is 0 Å². The number of rotatable bonds is 7. The van der Waals surface area contributed by atoms with Crippen LogP contribution >= 0.6 is 11.3 Å². The number of nitrogens with one attached hydrogen (secondary N) is 1. The zero-order valence-electron chi connectivity index (χ0n) is 12.1. The lowest BCUT2D eigenvalue weighted by molar-refractivity contribution is -0.384. The quantitative estimate of drug-likeness (QED) is 0.609. The predicted molar refractivity (Wildman–Crippen MR) is 85.3 cm³/mol. The van der Waals surface area contributed by atoms with E-state index in [4.69, 9.17) is 4.74 Å². The monoisotopic (exact) mass is 306 g/mol. The van der Waals surface area contributed by atoms with Gasteiger partial charge in [-0.3, -0.25) is 10.1 Å². The van der Waals surface area contributed by atoms with Gasteiger partial charge in [-0.2, -0.15) is 0 Å². The molecule has 0 fully saturated rings. The molecule has 0 aliphatic carbocycles. The van der Waals surface area contributed by atoms with Crippen LogP contribution in [0.25, 0.3) is 0 Å². The Morgan fingerprint density at radius 2 is 2.19 bits per heavy atom. The van der Waals surface area contributed by atoms with Crippen molar-refractivity contribution in [1.82, 2.24) is 0 Å². The Labute approximate surface area is 127 Å². The van der Waals surface area contributed by atoms with Gasteiger partial charge in [0.1, 0.15) is 5.75 Å². The Balaban J connectivity index is 2.15. The van der Waals surface area contributed by atoms with Gasteiger partial charge in [0.25, 0.3) is 5.69 Å². The van der Waals surface area contributed by atoms with E-state index in [1.807, 2.05) is 12.3 Å². The van der Waals surface area contributed by atoms with Gasteiger partial charge in [0.05, 0.1) is 17.6 Å². The number of benzene rings is 1. The highest BCUT2D eigenvalue weighted by Gasteiger charge is 2.11. The molecule has 1 heterocycles. The Morgan fingerprint density at radius 3 is 2.81 bits per heavy atom. The van der Waals surface area contributed by atoms with E-state index in [0.717, 1.165) is 6.42 Å². The fourth-order valence-corrected chi connectivity index (χ4v) is 2.71. The second-order valence-corrected chi connectivity index (χ2v) is 5.70. The average molecular weight is 306 g/mol. The molecule has 2 rings (SSSR count). The second kappa shape index (κ2) is 7.08. The van der Waals surface area contributed by atoms with Crippen LogP contribution in [0.4, 0.5) is 11.4 Å². The maximum absolute atomic E-state index is 11.0. The first-order valence-corrected chi connectivity index (χ1v) is 7.67. The molecule has 1 N–H and O–H groups in total. The summed E-state index contributed by atoms with van der Waals surface area (Å²) in [5.74, 6) is 0.524. The highest BCUT2D eigenvalue weighted by atomic mass is 32.1. The normalized spacial score (nSPS) is 10.4. The van der Waals surface area contributed by atoms with Crippen molar-refractivity contribution < 1.29 is 9.66 Å². The number of nitro groups is 1. The third-order valence-electron chi connectivity index (χ3n) is 3.00. The second-order valence-electron chi connectivity index (χ2n) is 4.70. The first kappa shape index (κ1) is 15.3. The highest BCUT2D eigenvalue weighted by Crippen LogP contribution is 2.27. The summed E-state index contributed by atoms with van der Waals surface area (Å²) in [6.45, 7) is 5.25. The number of anilines is 1. The van der Waals surface area contributed by atoms with Gasteiger partial charge in [-0.15, -0.1) is 11.3 Å². The maximum Gasteiger partial charge on any atom is 0.275 e. The van der Waals surface area contributed by atoms with Crippen molar-refractivity contribution in [2.75, 3.05) is 11.9 Å². The minimum Gasteiger partial charge on any atom is -0.493 e. The van der Waals surface area contributed by atoms with E-state index < -0.39 is 4.92 Å². The Hall–Kier alpha value is -2.08. The van der Waals surface area contributed by atoms with Crippen molar-refractivity contribution in [3.8, 4) is 5.75 Å². The van der Waals surface area contributed by atoms with E-state index >= 15 is 0 Å². The van der Waals surface area contributed by atoms with Crippen molar-refractivity contribution in [1.29, 1.82) is 0 Å². The first-order valence-electron chi connectivity index (χ1n) is 6.79. The molecule has 0 unspecified atom stereocenters. The predicted octanol–water partition coefficient (Wildman–Crippen LogP) is 4.37. The van der Waals surface area contributed by atoms with Crippen molar-refractivity contribution in [3.05, 3.63) is 50.2 Å². The standard InChI is InChI=1S/C15H18N2O3S/c1-3-5-20-14-8-12(7-13(9-14)17(18)19)16-10-15-11(2)4-6-21-15/h4,6-9,16H,3,5,10H2,1-2H3. The highest BCUT2D eigenvalue weighted by molar-refractivity contribution is 7.10. The minimum absolute atomic E-state index is 0.0361. The molecule has 0 aliphatic heterocycles. The molecule has 0 amide bonds. The van der Waals surface area contributed by atoms with E-state index in [-0.39, 0.29) is 5.69 Å². The van der Waals surface area contributed by atoms with Crippen LogP contribution in [0.15, 0.2) is 29.6 Å². The number of nitro benzene ring substituents is 1. The number of nitrogens with zero attached hydrogens (tertiary/aromatic N) is 1. The van der Waals surface area contributed by atoms with Crippen molar-refractivity contribution >= 4 is 22.7 Å². The van der Waals surface area contributed by atoms with Gasteiger partial charge in [-0.1, -0.05) is 6.92 Å². The molecule has 0 saturated carbocycles. The van der Waals surface area contributed by atoms with Crippen LogP contribution in [0, 0.1) is 17.0 Å². The van der Waals surface area contributed by atoms with Crippen LogP contribution in [-0.2, 0) is 6.54 Å². The molecule has 1 aromatic carbocycles. The average Bonchev–Trinajstić information content (AvgIpc) is 2.88. The minimum atomic E-state index is -0.402. The molecule has 0 spiro atoms. The van der Waals surface area contributed by atoms with E-state index in [2.05, 4.69) is 18.3 Å². The lowest BCUT2D eigenvalue weighted by Gasteiger charge is -2.09. The number of thiophene rings is 1. The summed E-state index contributed by atoms with van der Waals surface area (Å²) in [6, 6.07) is 6.84. The van der Waals surface area contributed by atoms with Gasteiger partial charge in [-0.05, 0) is 30.4 Å². The third-order valence-corrected chi connectivity index (χ3v) is 4.02. The van der Waals surface area contributed by atoms with Gasteiger partial charge in [0.2, 0.25) is 0 Å². The molecule has 0 saturated heterocycles. The molecule has 0 bridgehead atoms. The summed E-state index contributed by atoms with van der Waals surface area (Å²) in [5, 5.41) is 16.3. The van der Waals surface area contributed by atoms with Gasteiger partial charge in [0, 0.05) is 29.2 Å². The number of hydrogen-bond donors (Lipinski definition) is 1. The first-order chi connectivity index (χ1) is 10.1. The fraction of sp³-hybridized carbons (Fsp3) is 0.333. The lowest BCUT2D eigenvalue weighted by atomic mass is 10.2. The van der Waals surface area contributed by atoms with E-state index in [1.54, 1.807) is 17.4 Å². The van der Waals surface area contributed by atoms with E-state index in [9.17, 15) is 10.1 Å². The molecule has 5 nitrogen and oxygen atoms in total. The Morgan fingerprint density at radius 1 is 1.38 bits per heavy atom. The van der Waals surface area contributed by atoms with Crippen LogP contribution in [0.5, 0.6) is 5.75 Å². The smallest absolute Gasteiger partial charge is 0.275 e. The molecule has 6 heteroatoms. The van der Waals surface area contributed by atoms with Crippen LogP contribution in [0.2, 0.25) is 0 Å². The SMILES string of the molecule is CCCOc1cc(NCc2sccc2C)cc([N+](=O)[O-])c1. The molecule has 112 valence electrons. The van der Waals surface area contributed by atoms with Gasteiger partial charge in [0.15, 0.2) is 0 Å². The maximum atomic E-state index is 11.0. The zero-order valence-corrected chi connectivity index (χ0v) is 12.9. The molecule has 21 heavy (non-hydrogen) atoms. The molecular weight excluding hydrogens is 288 g/mol. The molecule has 0 radical (unpaired) electrons.